The number of likely N-dealkylation sites (tertiary alicyclic amines) is 1. The van der Waals surface area contributed by atoms with Crippen molar-refractivity contribution in [2.45, 2.75) is 18.8 Å². The molecule has 1 fully saturated rings. The lowest BCUT2D eigenvalue weighted by Gasteiger charge is -2.31. The van der Waals surface area contributed by atoms with Crippen LogP contribution in [0.3, 0.4) is 0 Å². The maximum atomic E-state index is 13.1. The summed E-state index contributed by atoms with van der Waals surface area (Å²) in [7, 11) is 3.98. The molecule has 4 rings (SSSR count). The summed E-state index contributed by atoms with van der Waals surface area (Å²) in [6.07, 6.45) is 1.74. The quantitative estimate of drug-likeness (QED) is 0.670. The number of halogens is 1. The Morgan fingerprint density at radius 3 is 2.55 bits per heavy atom. The number of carbonyl (C=O) groups excluding carboxylic acids is 1. The van der Waals surface area contributed by atoms with Crippen molar-refractivity contribution in [3.8, 4) is 11.4 Å². The Bertz CT molecular complexity index is 983. The fourth-order valence-corrected chi connectivity index (χ4v) is 3.57. The molecule has 0 saturated carbocycles. The van der Waals surface area contributed by atoms with Gasteiger partial charge in [-0.1, -0.05) is 5.16 Å². The van der Waals surface area contributed by atoms with Crippen LogP contribution < -0.4 is 4.90 Å². The molecule has 1 saturated heterocycles. The van der Waals surface area contributed by atoms with E-state index in [1.165, 1.54) is 24.3 Å². The van der Waals surface area contributed by atoms with E-state index >= 15 is 0 Å². The van der Waals surface area contributed by atoms with Crippen LogP contribution in [0.15, 0.2) is 53.1 Å². The van der Waals surface area contributed by atoms with Gasteiger partial charge in [0, 0.05) is 44.0 Å². The van der Waals surface area contributed by atoms with Crippen LogP contribution in [-0.4, -0.2) is 48.1 Å². The van der Waals surface area contributed by atoms with Crippen molar-refractivity contribution in [3.63, 3.8) is 0 Å². The molecule has 0 bridgehead atoms. The van der Waals surface area contributed by atoms with Gasteiger partial charge in [-0.15, -0.1) is 0 Å². The highest BCUT2D eigenvalue weighted by atomic mass is 19.1. The van der Waals surface area contributed by atoms with E-state index < -0.39 is 0 Å². The molecule has 1 atom stereocenters. The van der Waals surface area contributed by atoms with E-state index in [2.05, 4.69) is 10.1 Å². The lowest BCUT2D eigenvalue weighted by molar-refractivity contribution is 0.0695. The number of nitrogens with zero attached hydrogens (tertiary/aromatic N) is 4. The number of aromatic nitrogens is 2. The number of benzene rings is 2. The van der Waals surface area contributed by atoms with Crippen molar-refractivity contribution in [1.29, 1.82) is 0 Å². The van der Waals surface area contributed by atoms with E-state index in [1.54, 1.807) is 4.90 Å². The molecule has 29 heavy (non-hydrogen) atoms. The molecule has 0 N–H and O–H groups in total. The van der Waals surface area contributed by atoms with E-state index in [4.69, 9.17) is 4.52 Å². The van der Waals surface area contributed by atoms with Crippen LogP contribution in [0.25, 0.3) is 11.4 Å². The largest absolute Gasteiger partial charge is 0.378 e. The van der Waals surface area contributed by atoms with E-state index in [-0.39, 0.29) is 17.6 Å². The second-order valence-corrected chi connectivity index (χ2v) is 7.49. The van der Waals surface area contributed by atoms with Crippen molar-refractivity contribution in [1.82, 2.24) is 15.0 Å². The SMILES string of the molecule is CN(C)c1ccc(-c2noc([C@H]3CCCN(C(=O)c4ccc(F)cc4)C3)n2)cc1. The van der Waals surface area contributed by atoms with Gasteiger partial charge in [0.05, 0.1) is 5.92 Å². The second-order valence-electron chi connectivity index (χ2n) is 7.49. The Morgan fingerprint density at radius 2 is 1.86 bits per heavy atom. The number of hydrogen-bond donors (Lipinski definition) is 0. The first-order valence-electron chi connectivity index (χ1n) is 9.67. The molecule has 1 amide bonds. The maximum Gasteiger partial charge on any atom is 0.253 e. The zero-order valence-corrected chi connectivity index (χ0v) is 16.5. The van der Waals surface area contributed by atoms with E-state index in [9.17, 15) is 9.18 Å². The summed E-state index contributed by atoms with van der Waals surface area (Å²) in [6.45, 7) is 1.18. The van der Waals surface area contributed by atoms with Crippen LogP contribution in [0.4, 0.5) is 10.1 Å². The lowest BCUT2D eigenvalue weighted by atomic mass is 9.97. The average molecular weight is 394 g/mol. The first kappa shape index (κ1) is 19.1. The first-order chi connectivity index (χ1) is 14.0. The minimum Gasteiger partial charge on any atom is -0.378 e. The molecule has 150 valence electrons. The fourth-order valence-electron chi connectivity index (χ4n) is 3.57. The van der Waals surface area contributed by atoms with Crippen molar-refractivity contribution in [2.24, 2.45) is 0 Å². The summed E-state index contributed by atoms with van der Waals surface area (Å²) >= 11 is 0. The summed E-state index contributed by atoms with van der Waals surface area (Å²) in [5.41, 5.74) is 2.47. The van der Waals surface area contributed by atoms with Crippen LogP contribution in [0.5, 0.6) is 0 Å². The third kappa shape index (κ3) is 4.13. The first-order valence-corrected chi connectivity index (χ1v) is 9.67. The Hall–Kier alpha value is -3.22. The number of rotatable bonds is 4. The zero-order valence-electron chi connectivity index (χ0n) is 16.5. The van der Waals surface area contributed by atoms with Gasteiger partial charge in [0.15, 0.2) is 0 Å². The van der Waals surface area contributed by atoms with Crippen LogP contribution >= 0.6 is 0 Å². The van der Waals surface area contributed by atoms with E-state index in [0.29, 0.717) is 30.4 Å². The summed E-state index contributed by atoms with van der Waals surface area (Å²) in [5, 5.41) is 4.13. The molecule has 7 heteroatoms. The molecule has 0 radical (unpaired) electrons. The molecular formula is C22H23FN4O2. The highest BCUT2D eigenvalue weighted by Gasteiger charge is 2.29. The fraction of sp³-hybridized carbons (Fsp3) is 0.318. The highest BCUT2D eigenvalue weighted by Crippen LogP contribution is 2.29. The highest BCUT2D eigenvalue weighted by molar-refractivity contribution is 5.94. The van der Waals surface area contributed by atoms with Crippen molar-refractivity contribution in [2.75, 3.05) is 32.1 Å². The molecule has 0 spiro atoms. The summed E-state index contributed by atoms with van der Waals surface area (Å²) in [4.78, 5) is 21.1. The van der Waals surface area contributed by atoms with Crippen molar-refractivity contribution in [3.05, 3.63) is 65.8 Å². The van der Waals surface area contributed by atoms with Crippen molar-refractivity contribution < 1.29 is 13.7 Å². The monoisotopic (exact) mass is 394 g/mol. The molecular weight excluding hydrogens is 371 g/mol. The van der Waals surface area contributed by atoms with Crippen LogP contribution in [0, 0.1) is 5.82 Å². The number of piperidine rings is 1. The standard InChI is InChI=1S/C22H23FN4O2/c1-26(2)19-11-7-15(8-12-19)20-24-21(29-25-20)17-4-3-13-27(14-17)22(28)16-5-9-18(23)10-6-16/h5-12,17H,3-4,13-14H2,1-2H3/t17-/m0/s1. The van der Waals surface area contributed by atoms with Gasteiger partial charge in [0.2, 0.25) is 11.7 Å². The van der Waals surface area contributed by atoms with Crippen LogP contribution in [-0.2, 0) is 0 Å². The topological polar surface area (TPSA) is 62.5 Å². The van der Waals surface area contributed by atoms with Gasteiger partial charge in [-0.2, -0.15) is 4.98 Å². The Labute approximate surface area is 168 Å². The number of amides is 1. The predicted molar refractivity (Wildman–Crippen MR) is 108 cm³/mol. The number of hydrogen-bond acceptors (Lipinski definition) is 5. The molecule has 2 aromatic carbocycles. The van der Waals surface area contributed by atoms with Crippen LogP contribution in [0.1, 0.15) is 35.0 Å². The second kappa shape index (κ2) is 8.03. The average Bonchev–Trinajstić information content (AvgIpc) is 3.24. The molecule has 3 aromatic rings. The van der Waals surface area contributed by atoms with E-state index in [0.717, 1.165) is 24.1 Å². The summed E-state index contributed by atoms with van der Waals surface area (Å²) in [5.74, 6) is 0.639. The summed E-state index contributed by atoms with van der Waals surface area (Å²) < 4.78 is 18.7. The third-order valence-corrected chi connectivity index (χ3v) is 5.23. The lowest BCUT2D eigenvalue weighted by Crippen LogP contribution is -2.39. The van der Waals surface area contributed by atoms with Crippen LogP contribution in [0.2, 0.25) is 0 Å². The van der Waals surface area contributed by atoms with Gasteiger partial charge in [-0.3, -0.25) is 4.79 Å². The minimum atomic E-state index is -0.352. The summed E-state index contributed by atoms with van der Waals surface area (Å²) in [6, 6.07) is 13.6. The molecule has 0 unspecified atom stereocenters. The van der Waals surface area contributed by atoms with Gasteiger partial charge in [0.1, 0.15) is 5.82 Å². The maximum absolute atomic E-state index is 13.1. The van der Waals surface area contributed by atoms with Gasteiger partial charge in [-0.25, -0.2) is 4.39 Å². The molecule has 1 aliphatic rings. The smallest absolute Gasteiger partial charge is 0.253 e. The molecule has 1 aliphatic heterocycles. The Kier molecular flexibility index (Phi) is 5.29. The normalized spacial score (nSPS) is 16.7. The van der Waals surface area contributed by atoms with Gasteiger partial charge >= 0.3 is 0 Å². The number of carbonyl (C=O) groups is 1. The molecule has 2 heterocycles. The molecule has 1 aromatic heterocycles. The van der Waals surface area contributed by atoms with Gasteiger partial charge in [-0.05, 0) is 61.4 Å². The zero-order chi connectivity index (χ0) is 20.4. The number of anilines is 1. The molecule has 6 nitrogen and oxygen atoms in total. The Balaban J connectivity index is 1.47. The minimum absolute atomic E-state index is 0.00422. The van der Waals surface area contributed by atoms with Crippen molar-refractivity contribution >= 4 is 11.6 Å². The Morgan fingerprint density at radius 1 is 1.14 bits per heavy atom. The van der Waals surface area contributed by atoms with E-state index in [1.807, 2.05) is 43.3 Å². The molecule has 0 aliphatic carbocycles. The van der Waals surface area contributed by atoms with Gasteiger partial charge < -0.3 is 14.3 Å². The third-order valence-electron chi connectivity index (χ3n) is 5.23. The predicted octanol–water partition coefficient (Wildman–Crippen LogP) is 3.96. The van der Waals surface area contributed by atoms with Gasteiger partial charge in [0.25, 0.3) is 5.91 Å².